The molecule has 4 aromatic rings. The number of aromatic nitrogens is 5. The summed E-state index contributed by atoms with van der Waals surface area (Å²) in [7, 11) is 0. The van der Waals surface area contributed by atoms with E-state index in [1.54, 1.807) is 17.1 Å². The summed E-state index contributed by atoms with van der Waals surface area (Å²) in [4.78, 5) is 17.2. The Hall–Kier alpha value is -3.48. The smallest absolute Gasteiger partial charge is 0.242 e. The molecule has 0 radical (unpaired) electrons. The van der Waals surface area contributed by atoms with Gasteiger partial charge < -0.3 is 5.32 Å². The number of carbonyl (C=O) groups excluding carboxylic acids is 1. The first-order valence-corrected chi connectivity index (χ1v) is 9.77. The van der Waals surface area contributed by atoms with Gasteiger partial charge in [-0.2, -0.15) is 10.2 Å². The molecule has 1 unspecified atom stereocenters. The van der Waals surface area contributed by atoms with Gasteiger partial charge in [0.15, 0.2) is 5.65 Å². The molecule has 0 aliphatic heterocycles. The number of nitrogens with zero attached hydrogens (tertiary/aromatic N) is 5. The van der Waals surface area contributed by atoms with Crippen LogP contribution in [0.15, 0.2) is 54.9 Å². The molecule has 0 spiro atoms. The van der Waals surface area contributed by atoms with E-state index in [2.05, 4.69) is 32.6 Å². The van der Waals surface area contributed by atoms with Crippen LogP contribution in [0.2, 0.25) is 0 Å². The maximum absolute atomic E-state index is 12.7. The summed E-state index contributed by atoms with van der Waals surface area (Å²) in [5.74, 6) is -0.113. The number of aryl methyl sites for hydroxylation is 2. The van der Waals surface area contributed by atoms with Crippen molar-refractivity contribution in [1.29, 1.82) is 0 Å². The number of hydrogen-bond donors (Lipinski definition) is 1. The highest BCUT2D eigenvalue weighted by atomic mass is 16.2. The molecule has 1 aromatic carbocycles. The molecule has 1 amide bonds. The van der Waals surface area contributed by atoms with Crippen LogP contribution in [0.25, 0.3) is 22.2 Å². The number of pyridine rings is 1. The molecule has 0 aliphatic carbocycles. The van der Waals surface area contributed by atoms with Crippen LogP contribution in [0.4, 0.5) is 0 Å². The summed E-state index contributed by atoms with van der Waals surface area (Å²) in [5, 5.41) is 12.9. The topological polar surface area (TPSA) is 77.6 Å². The monoisotopic (exact) mass is 388 g/mol. The number of fused-ring (bicyclic) bond motifs is 1. The molecule has 1 N–H and O–H groups in total. The van der Waals surface area contributed by atoms with Gasteiger partial charge in [0.05, 0.1) is 17.4 Å². The summed E-state index contributed by atoms with van der Waals surface area (Å²) in [6.07, 6.45) is 3.52. The molecular formula is C22H24N6O. The van der Waals surface area contributed by atoms with Gasteiger partial charge in [-0.25, -0.2) is 9.67 Å². The van der Waals surface area contributed by atoms with Gasteiger partial charge in [0.2, 0.25) is 5.91 Å². The van der Waals surface area contributed by atoms with Crippen molar-refractivity contribution in [3.05, 3.63) is 66.2 Å². The zero-order valence-electron chi connectivity index (χ0n) is 16.8. The van der Waals surface area contributed by atoms with Crippen molar-refractivity contribution < 1.29 is 4.79 Å². The Morgan fingerprint density at radius 2 is 1.90 bits per heavy atom. The number of hydrogen-bond acceptors (Lipinski definition) is 4. The molecule has 0 fully saturated rings. The molecule has 3 aromatic heterocycles. The van der Waals surface area contributed by atoms with Crippen molar-refractivity contribution in [3.8, 4) is 11.1 Å². The predicted octanol–water partition coefficient (Wildman–Crippen LogP) is 3.50. The van der Waals surface area contributed by atoms with E-state index in [0.29, 0.717) is 5.65 Å². The number of benzene rings is 1. The summed E-state index contributed by atoms with van der Waals surface area (Å²) >= 11 is 0. The van der Waals surface area contributed by atoms with Crippen molar-refractivity contribution >= 4 is 16.9 Å². The largest absolute Gasteiger partial charge is 0.346 e. The quantitative estimate of drug-likeness (QED) is 0.548. The molecule has 1 atom stereocenters. The third-order valence-electron chi connectivity index (χ3n) is 5.06. The highest BCUT2D eigenvalue weighted by molar-refractivity contribution is 5.95. The standard InChI is InChI=1S/C22H24N6O/c1-4-27-19(11-13-24-27)15(2)25-20(29)14-28-22-21(16(3)26-28)18(10-12-23-22)17-8-6-5-7-9-17/h5-13,15H,4,14H2,1-3H3,(H,25,29). The fourth-order valence-corrected chi connectivity index (χ4v) is 3.72. The van der Waals surface area contributed by atoms with E-state index in [1.165, 1.54) is 0 Å². The zero-order valence-corrected chi connectivity index (χ0v) is 16.8. The van der Waals surface area contributed by atoms with Gasteiger partial charge in [-0.1, -0.05) is 30.3 Å². The summed E-state index contributed by atoms with van der Waals surface area (Å²) in [6.45, 7) is 6.81. The van der Waals surface area contributed by atoms with E-state index in [4.69, 9.17) is 0 Å². The lowest BCUT2D eigenvalue weighted by molar-refractivity contribution is -0.122. The first kappa shape index (κ1) is 18.9. The Kier molecular flexibility index (Phi) is 5.12. The molecule has 0 saturated heterocycles. The van der Waals surface area contributed by atoms with Crippen LogP contribution in [-0.4, -0.2) is 30.5 Å². The first-order chi connectivity index (χ1) is 14.1. The van der Waals surface area contributed by atoms with Crippen LogP contribution in [0, 0.1) is 6.92 Å². The van der Waals surface area contributed by atoms with E-state index in [-0.39, 0.29) is 18.5 Å². The van der Waals surface area contributed by atoms with E-state index in [0.717, 1.165) is 34.4 Å². The van der Waals surface area contributed by atoms with Gasteiger partial charge >= 0.3 is 0 Å². The predicted molar refractivity (Wildman–Crippen MR) is 112 cm³/mol. The van der Waals surface area contributed by atoms with Crippen molar-refractivity contribution in [3.63, 3.8) is 0 Å². The van der Waals surface area contributed by atoms with Gasteiger partial charge in [-0.15, -0.1) is 0 Å². The van der Waals surface area contributed by atoms with Crippen LogP contribution in [0.3, 0.4) is 0 Å². The highest BCUT2D eigenvalue weighted by Gasteiger charge is 2.18. The SMILES string of the molecule is CCn1nccc1C(C)NC(=O)Cn1nc(C)c2c(-c3ccccc3)ccnc21. The fourth-order valence-electron chi connectivity index (χ4n) is 3.72. The number of amides is 1. The lowest BCUT2D eigenvalue weighted by Crippen LogP contribution is -2.31. The molecule has 7 nitrogen and oxygen atoms in total. The Morgan fingerprint density at radius 1 is 1.10 bits per heavy atom. The van der Waals surface area contributed by atoms with E-state index in [1.807, 2.05) is 55.8 Å². The zero-order chi connectivity index (χ0) is 20.4. The van der Waals surface area contributed by atoms with Crippen molar-refractivity contribution in [2.45, 2.75) is 39.9 Å². The Labute approximate surface area is 169 Å². The Balaban J connectivity index is 1.60. The van der Waals surface area contributed by atoms with Gasteiger partial charge in [0.1, 0.15) is 6.54 Å². The second-order valence-corrected chi connectivity index (χ2v) is 7.03. The summed E-state index contributed by atoms with van der Waals surface area (Å²) < 4.78 is 3.56. The van der Waals surface area contributed by atoms with Crippen LogP contribution < -0.4 is 5.32 Å². The molecular weight excluding hydrogens is 364 g/mol. The maximum atomic E-state index is 12.7. The molecule has 7 heteroatoms. The van der Waals surface area contributed by atoms with Crippen LogP contribution in [0.5, 0.6) is 0 Å². The minimum atomic E-state index is -0.138. The molecule has 148 valence electrons. The average molecular weight is 388 g/mol. The molecule has 3 heterocycles. The Morgan fingerprint density at radius 3 is 2.66 bits per heavy atom. The lowest BCUT2D eigenvalue weighted by Gasteiger charge is -2.15. The van der Waals surface area contributed by atoms with Gasteiger partial charge in [0.25, 0.3) is 0 Å². The van der Waals surface area contributed by atoms with Crippen molar-refractivity contribution in [1.82, 2.24) is 29.9 Å². The van der Waals surface area contributed by atoms with Gasteiger partial charge in [-0.05, 0) is 44.0 Å². The van der Waals surface area contributed by atoms with Gasteiger partial charge in [0, 0.05) is 24.3 Å². The van der Waals surface area contributed by atoms with Crippen LogP contribution in [-0.2, 0) is 17.9 Å². The summed E-state index contributed by atoms with van der Waals surface area (Å²) in [5.41, 5.74) is 4.72. The molecule has 29 heavy (non-hydrogen) atoms. The lowest BCUT2D eigenvalue weighted by atomic mass is 10.0. The number of rotatable bonds is 6. The van der Waals surface area contributed by atoms with E-state index >= 15 is 0 Å². The van der Waals surface area contributed by atoms with Crippen LogP contribution >= 0.6 is 0 Å². The molecule has 0 bridgehead atoms. The second kappa shape index (κ2) is 7.87. The molecule has 4 rings (SSSR count). The van der Waals surface area contributed by atoms with Gasteiger partial charge in [-0.3, -0.25) is 9.48 Å². The minimum Gasteiger partial charge on any atom is -0.346 e. The maximum Gasteiger partial charge on any atom is 0.242 e. The highest BCUT2D eigenvalue weighted by Crippen LogP contribution is 2.29. The van der Waals surface area contributed by atoms with Crippen molar-refractivity contribution in [2.24, 2.45) is 0 Å². The fraction of sp³-hybridized carbons (Fsp3) is 0.273. The van der Waals surface area contributed by atoms with Crippen LogP contribution in [0.1, 0.15) is 31.3 Å². The van der Waals surface area contributed by atoms with Crippen molar-refractivity contribution in [2.75, 3.05) is 0 Å². The first-order valence-electron chi connectivity index (χ1n) is 9.77. The summed E-state index contributed by atoms with van der Waals surface area (Å²) in [6, 6.07) is 13.9. The van der Waals surface area contributed by atoms with E-state index < -0.39 is 0 Å². The minimum absolute atomic E-state index is 0.111. The number of carbonyl (C=O) groups is 1. The third kappa shape index (κ3) is 3.63. The normalized spacial score (nSPS) is 12.2. The average Bonchev–Trinajstić information content (AvgIpc) is 3.33. The number of nitrogens with one attached hydrogen (secondary N) is 1. The van der Waals surface area contributed by atoms with E-state index in [9.17, 15) is 4.79 Å². The second-order valence-electron chi connectivity index (χ2n) is 7.03. The third-order valence-corrected chi connectivity index (χ3v) is 5.06. The Bertz CT molecular complexity index is 1140. The molecule has 0 saturated carbocycles. The molecule has 0 aliphatic rings.